The summed E-state index contributed by atoms with van der Waals surface area (Å²) in [5.74, 6) is 0.414. The number of benzene rings is 1. The van der Waals surface area contributed by atoms with Crippen LogP contribution in [0.4, 0.5) is 5.95 Å². The van der Waals surface area contributed by atoms with E-state index in [-0.39, 0.29) is 17.7 Å². The number of nitrogens with one attached hydrogen (secondary N) is 1. The van der Waals surface area contributed by atoms with Crippen LogP contribution in [0.2, 0.25) is 0 Å². The third-order valence-electron chi connectivity index (χ3n) is 3.05. The summed E-state index contributed by atoms with van der Waals surface area (Å²) in [6, 6.07) is 9.78. The molecule has 1 aromatic carbocycles. The Balaban J connectivity index is 2.21. The van der Waals surface area contributed by atoms with Crippen molar-refractivity contribution >= 4 is 11.9 Å². The first-order valence-corrected chi connectivity index (χ1v) is 6.29. The molecule has 0 saturated carbocycles. The number of carbonyl (C=O) groups is 1. The van der Waals surface area contributed by atoms with E-state index in [1.165, 1.54) is 0 Å². The van der Waals surface area contributed by atoms with E-state index in [1.807, 2.05) is 44.2 Å². The van der Waals surface area contributed by atoms with E-state index < -0.39 is 0 Å². The van der Waals surface area contributed by atoms with E-state index in [1.54, 1.807) is 17.9 Å². The zero-order valence-corrected chi connectivity index (χ0v) is 11.4. The summed E-state index contributed by atoms with van der Waals surface area (Å²) < 4.78 is 1.68. The number of hydrogen-bond donors (Lipinski definition) is 1. The highest BCUT2D eigenvalue weighted by Gasteiger charge is 2.24. The van der Waals surface area contributed by atoms with Gasteiger partial charge in [0.05, 0.1) is 5.92 Å². The van der Waals surface area contributed by atoms with Crippen molar-refractivity contribution in [3.8, 4) is 0 Å². The second-order valence-corrected chi connectivity index (χ2v) is 4.89. The molecule has 0 fully saturated rings. The van der Waals surface area contributed by atoms with Crippen LogP contribution in [0.15, 0.2) is 36.7 Å². The fourth-order valence-electron chi connectivity index (χ4n) is 2.08. The van der Waals surface area contributed by atoms with Gasteiger partial charge in [-0.2, -0.15) is 0 Å². The lowest BCUT2D eigenvalue weighted by molar-refractivity contribution is -0.118. The number of anilines is 1. The quantitative estimate of drug-likeness (QED) is 0.914. The minimum Gasteiger partial charge on any atom is -0.303 e. The molecular weight excluding hydrogens is 240 g/mol. The van der Waals surface area contributed by atoms with Crippen LogP contribution in [-0.4, -0.2) is 20.7 Å². The van der Waals surface area contributed by atoms with Crippen LogP contribution >= 0.6 is 0 Å². The predicted octanol–water partition coefficient (Wildman–Crippen LogP) is 2.19. The molecule has 5 heteroatoms. The highest BCUT2D eigenvalue weighted by Crippen LogP contribution is 2.25. The molecule has 0 saturated heterocycles. The van der Waals surface area contributed by atoms with E-state index in [4.69, 9.17) is 0 Å². The number of carbonyl (C=O) groups excluding carboxylic acids is 1. The summed E-state index contributed by atoms with van der Waals surface area (Å²) in [7, 11) is 1.79. The maximum atomic E-state index is 12.4. The first-order chi connectivity index (χ1) is 9.09. The van der Waals surface area contributed by atoms with Gasteiger partial charge in [-0.1, -0.05) is 44.2 Å². The van der Waals surface area contributed by atoms with Crippen molar-refractivity contribution in [1.82, 2.24) is 14.8 Å². The number of aryl methyl sites for hydroxylation is 1. The van der Waals surface area contributed by atoms with Crippen LogP contribution in [-0.2, 0) is 11.8 Å². The lowest BCUT2D eigenvalue weighted by Gasteiger charge is -2.20. The van der Waals surface area contributed by atoms with Crippen LogP contribution in [0.1, 0.15) is 25.3 Å². The maximum Gasteiger partial charge on any atom is 0.234 e. The van der Waals surface area contributed by atoms with Crippen molar-refractivity contribution in [2.75, 3.05) is 5.32 Å². The molecule has 2 rings (SSSR count). The average Bonchev–Trinajstić information content (AvgIpc) is 2.76. The van der Waals surface area contributed by atoms with Gasteiger partial charge in [-0.25, -0.2) is 0 Å². The smallest absolute Gasteiger partial charge is 0.234 e. The Bertz CT molecular complexity index is 548. The van der Waals surface area contributed by atoms with Gasteiger partial charge >= 0.3 is 0 Å². The van der Waals surface area contributed by atoms with Crippen LogP contribution in [0.5, 0.6) is 0 Å². The molecular formula is C14H18N4O. The van der Waals surface area contributed by atoms with Crippen molar-refractivity contribution in [3.05, 3.63) is 42.2 Å². The number of amides is 1. The molecule has 0 bridgehead atoms. The van der Waals surface area contributed by atoms with Crippen molar-refractivity contribution in [1.29, 1.82) is 0 Å². The molecule has 1 aromatic heterocycles. The van der Waals surface area contributed by atoms with Crippen LogP contribution in [0.3, 0.4) is 0 Å². The molecule has 0 unspecified atom stereocenters. The highest BCUT2D eigenvalue weighted by atomic mass is 16.2. The van der Waals surface area contributed by atoms with E-state index in [9.17, 15) is 4.79 Å². The summed E-state index contributed by atoms with van der Waals surface area (Å²) >= 11 is 0. The van der Waals surface area contributed by atoms with Crippen LogP contribution < -0.4 is 5.32 Å². The van der Waals surface area contributed by atoms with Gasteiger partial charge in [0.25, 0.3) is 0 Å². The van der Waals surface area contributed by atoms with Crippen molar-refractivity contribution < 1.29 is 4.79 Å². The van der Waals surface area contributed by atoms with Gasteiger partial charge < -0.3 is 4.57 Å². The molecule has 1 N–H and O–H groups in total. The Hall–Kier alpha value is -2.17. The van der Waals surface area contributed by atoms with E-state index in [0.29, 0.717) is 5.95 Å². The Morgan fingerprint density at radius 1 is 1.26 bits per heavy atom. The van der Waals surface area contributed by atoms with E-state index in [2.05, 4.69) is 15.5 Å². The minimum atomic E-state index is -0.196. The number of nitrogens with zero attached hydrogens (tertiary/aromatic N) is 3. The second kappa shape index (κ2) is 5.65. The summed E-state index contributed by atoms with van der Waals surface area (Å²) in [5, 5.41) is 10.4. The monoisotopic (exact) mass is 258 g/mol. The molecule has 1 atom stereocenters. The zero-order valence-electron chi connectivity index (χ0n) is 11.4. The Kier molecular flexibility index (Phi) is 3.94. The summed E-state index contributed by atoms with van der Waals surface area (Å²) in [6.07, 6.45) is 1.56. The predicted molar refractivity (Wildman–Crippen MR) is 73.7 cm³/mol. The molecule has 0 aliphatic rings. The fourth-order valence-corrected chi connectivity index (χ4v) is 2.08. The third-order valence-corrected chi connectivity index (χ3v) is 3.05. The molecule has 0 radical (unpaired) electrons. The molecule has 2 aromatic rings. The normalized spacial score (nSPS) is 12.4. The number of rotatable bonds is 4. The molecule has 0 aliphatic carbocycles. The van der Waals surface area contributed by atoms with E-state index in [0.717, 1.165) is 5.56 Å². The van der Waals surface area contributed by atoms with Gasteiger partial charge in [-0.05, 0) is 11.5 Å². The molecule has 0 spiro atoms. The standard InChI is InChI=1S/C14H18N4O/c1-10(2)12(11-7-5-4-6-8-11)13(19)16-14-17-15-9-18(14)3/h4-10,12H,1-3H3,(H,16,17,19)/t12-/m0/s1. The summed E-state index contributed by atoms with van der Waals surface area (Å²) in [6.45, 7) is 4.07. The number of aromatic nitrogens is 3. The van der Waals surface area contributed by atoms with Gasteiger partial charge in [-0.3, -0.25) is 10.1 Å². The van der Waals surface area contributed by atoms with Crippen molar-refractivity contribution in [3.63, 3.8) is 0 Å². The van der Waals surface area contributed by atoms with Gasteiger partial charge in [0.1, 0.15) is 6.33 Å². The largest absolute Gasteiger partial charge is 0.303 e. The Labute approximate surface area is 112 Å². The zero-order chi connectivity index (χ0) is 13.8. The van der Waals surface area contributed by atoms with Gasteiger partial charge in [0.2, 0.25) is 11.9 Å². The topological polar surface area (TPSA) is 59.8 Å². The lowest BCUT2D eigenvalue weighted by Crippen LogP contribution is -2.26. The molecule has 0 aliphatic heterocycles. The lowest BCUT2D eigenvalue weighted by atomic mass is 9.88. The molecule has 100 valence electrons. The molecule has 5 nitrogen and oxygen atoms in total. The van der Waals surface area contributed by atoms with E-state index >= 15 is 0 Å². The number of hydrogen-bond acceptors (Lipinski definition) is 3. The van der Waals surface area contributed by atoms with Gasteiger partial charge in [-0.15, -0.1) is 10.2 Å². The van der Waals surface area contributed by atoms with Gasteiger partial charge in [0, 0.05) is 7.05 Å². The van der Waals surface area contributed by atoms with Crippen LogP contribution in [0.25, 0.3) is 0 Å². The maximum absolute atomic E-state index is 12.4. The van der Waals surface area contributed by atoms with Gasteiger partial charge in [0.15, 0.2) is 0 Å². The van der Waals surface area contributed by atoms with Crippen LogP contribution in [0, 0.1) is 5.92 Å². The molecule has 1 heterocycles. The molecule has 19 heavy (non-hydrogen) atoms. The van der Waals surface area contributed by atoms with Crippen molar-refractivity contribution in [2.45, 2.75) is 19.8 Å². The SMILES string of the molecule is CC(C)[C@H](C(=O)Nc1nncn1C)c1ccccc1. The molecule has 1 amide bonds. The average molecular weight is 258 g/mol. The summed E-state index contributed by atoms with van der Waals surface area (Å²) in [5.41, 5.74) is 1.01. The van der Waals surface area contributed by atoms with Crippen molar-refractivity contribution in [2.24, 2.45) is 13.0 Å². The summed E-state index contributed by atoms with van der Waals surface area (Å²) in [4.78, 5) is 12.4. The first-order valence-electron chi connectivity index (χ1n) is 6.29. The second-order valence-electron chi connectivity index (χ2n) is 4.89. The highest BCUT2D eigenvalue weighted by molar-refractivity contribution is 5.94. The Morgan fingerprint density at radius 3 is 2.47 bits per heavy atom. The fraction of sp³-hybridized carbons (Fsp3) is 0.357. The minimum absolute atomic E-state index is 0.0581. The first kappa shape index (κ1) is 13.3. The third kappa shape index (κ3) is 2.99. The Morgan fingerprint density at radius 2 is 1.95 bits per heavy atom.